The van der Waals surface area contributed by atoms with Gasteiger partial charge in [-0.1, -0.05) is 12.1 Å². The minimum atomic E-state index is -0.499. The molecule has 1 N–H and O–H groups in total. The number of methoxy groups -OCH3 is 2. The van der Waals surface area contributed by atoms with E-state index in [9.17, 15) is 9.59 Å². The van der Waals surface area contributed by atoms with E-state index in [-0.39, 0.29) is 12.5 Å². The van der Waals surface area contributed by atoms with Crippen LogP contribution in [0.5, 0.6) is 17.2 Å². The van der Waals surface area contributed by atoms with Crippen LogP contribution in [0.15, 0.2) is 82.1 Å². The average Bonchev–Trinajstić information content (AvgIpc) is 3.28. The molecule has 5 rings (SSSR count). The molecule has 2 heterocycles. The average molecular weight is 485 g/mol. The molecule has 8 nitrogen and oxygen atoms in total. The van der Waals surface area contributed by atoms with Crippen molar-refractivity contribution in [2.75, 3.05) is 26.1 Å². The second-order valence-corrected chi connectivity index (χ2v) is 8.22. The van der Waals surface area contributed by atoms with Gasteiger partial charge in [0.05, 0.1) is 25.5 Å². The molecule has 0 radical (unpaired) electrons. The van der Waals surface area contributed by atoms with Crippen molar-refractivity contribution < 1.29 is 23.4 Å². The Morgan fingerprint density at radius 3 is 2.61 bits per heavy atom. The van der Waals surface area contributed by atoms with E-state index in [1.807, 2.05) is 42.1 Å². The summed E-state index contributed by atoms with van der Waals surface area (Å²) in [7, 11) is 5.04. The van der Waals surface area contributed by atoms with Crippen molar-refractivity contribution in [2.45, 2.75) is 0 Å². The molecule has 2 aromatic heterocycles. The predicted molar refractivity (Wildman–Crippen MR) is 138 cm³/mol. The van der Waals surface area contributed by atoms with Crippen LogP contribution in [-0.2, 0) is 11.8 Å². The van der Waals surface area contributed by atoms with Crippen LogP contribution in [0.3, 0.4) is 0 Å². The van der Waals surface area contributed by atoms with Gasteiger partial charge in [0.15, 0.2) is 18.1 Å². The predicted octanol–water partition coefficient (Wildman–Crippen LogP) is 4.99. The van der Waals surface area contributed by atoms with Crippen molar-refractivity contribution in [1.82, 2.24) is 4.57 Å². The second-order valence-electron chi connectivity index (χ2n) is 8.22. The molecular weight excluding hydrogens is 460 g/mol. The highest BCUT2D eigenvalue weighted by molar-refractivity contribution is 6.02. The zero-order chi connectivity index (χ0) is 25.2. The maximum atomic E-state index is 12.7. The van der Waals surface area contributed by atoms with Gasteiger partial charge in [-0.3, -0.25) is 4.79 Å². The summed E-state index contributed by atoms with van der Waals surface area (Å²) in [6.45, 7) is -0.192. The lowest BCUT2D eigenvalue weighted by Crippen LogP contribution is -2.20. The third-order valence-corrected chi connectivity index (χ3v) is 5.97. The lowest BCUT2D eigenvalue weighted by molar-refractivity contribution is -0.118. The van der Waals surface area contributed by atoms with E-state index in [1.165, 1.54) is 7.11 Å². The monoisotopic (exact) mass is 484 g/mol. The third kappa shape index (κ3) is 4.36. The number of hydrogen-bond acceptors (Lipinski definition) is 6. The summed E-state index contributed by atoms with van der Waals surface area (Å²) >= 11 is 0. The normalized spacial score (nSPS) is 11.0. The molecule has 182 valence electrons. The number of nitrogens with one attached hydrogen (secondary N) is 1. The molecule has 8 heteroatoms. The first-order valence-corrected chi connectivity index (χ1v) is 11.2. The van der Waals surface area contributed by atoms with Crippen molar-refractivity contribution in [3.8, 4) is 28.4 Å². The summed E-state index contributed by atoms with van der Waals surface area (Å²) in [6.07, 6.45) is 1.94. The summed E-state index contributed by atoms with van der Waals surface area (Å²) in [5.41, 5.74) is 2.64. The Morgan fingerprint density at radius 1 is 0.972 bits per heavy atom. The maximum absolute atomic E-state index is 12.7. The number of carbonyl (C=O) groups is 1. The Balaban J connectivity index is 1.33. The van der Waals surface area contributed by atoms with E-state index >= 15 is 0 Å². The summed E-state index contributed by atoms with van der Waals surface area (Å²) in [5.74, 6) is 1.20. The molecule has 0 aliphatic rings. The Morgan fingerprint density at radius 2 is 1.81 bits per heavy atom. The molecule has 0 unspecified atom stereocenters. The SMILES string of the molecule is COc1ccc(-c2cc3ccc(OCC(=O)Nc4cccc5c4ccn5C)cc3oc2=O)cc1OC. The Kier molecular flexibility index (Phi) is 6.08. The van der Waals surface area contributed by atoms with Gasteiger partial charge in [0, 0.05) is 35.6 Å². The van der Waals surface area contributed by atoms with Crippen LogP contribution in [0.25, 0.3) is 33.0 Å². The number of ether oxygens (including phenoxy) is 3. The highest BCUT2D eigenvalue weighted by atomic mass is 16.5. The highest BCUT2D eigenvalue weighted by Crippen LogP contribution is 2.32. The summed E-state index contributed by atoms with van der Waals surface area (Å²) < 4.78 is 23.8. The second kappa shape index (κ2) is 9.50. The third-order valence-electron chi connectivity index (χ3n) is 5.97. The van der Waals surface area contributed by atoms with Crippen molar-refractivity contribution in [3.63, 3.8) is 0 Å². The number of anilines is 1. The molecule has 0 spiro atoms. The van der Waals surface area contributed by atoms with Crippen LogP contribution in [0.4, 0.5) is 5.69 Å². The molecule has 3 aromatic carbocycles. The summed E-state index contributed by atoms with van der Waals surface area (Å²) in [4.78, 5) is 25.2. The van der Waals surface area contributed by atoms with E-state index in [4.69, 9.17) is 18.6 Å². The van der Waals surface area contributed by atoms with Crippen LogP contribution >= 0.6 is 0 Å². The van der Waals surface area contributed by atoms with E-state index in [0.29, 0.717) is 45.0 Å². The Labute approximate surface area is 206 Å². The lowest BCUT2D eigenvalue weighted by atomic mass is 10.1. The minimum Gasteiger partial charge on any atom is -0.493 e. The number of nitrogens with zero attached hydrogens (tertiary/aromatic N) is 1. The van der Waals surface area contributed by atoms with Crippen molar-refractivity contribution >= 4 is 33.5 Å². The molecule has 5 aromatic rings. The molecule has 0 atom stereocenters. The Hall–Kier alpha value is -4.72. The fourth-order valence-electron chi connectivity index (χ4n) is 4.13. The molecule has 0 bridgehead atoms. The number of benzene rings is 3. The van der Waals surface area contributed by atoms with Gasteiger partial charge in [-0.2, -0.15) is 0 Å². The number of fused-ring (bicyclic) bond motifs is 2. The molecule has 36 heavy (non-hydrogen) atoms. The molecular formula is C28H24N2O6. The number of amides is 1. The van der Waals surface area contributed by atoms with Crippen LogP contribution in [0, 0.1) is 0 Å². The van der Waals surface area contributed by atoms with Gasteiger partial charge in [0.1, 0.15) is 11.3 Å². The van der Waals surface area contributed by atoms with E-state index in [1.54, 1.807) is 49.6 Å². The fraction of sp³-hybridized carbons (Fsp3) is 0.143. The molecule has 0 fully saturated rings. The van der Waals surface area contributed by atoms with Gasteiger partial charge in [-0.15, -0.1) is 0 Å². The van der Waals surface area contributed by atoms with Gasteiger partial charge < -0.3 is 28.5 Å². The quantitative estimate of drug-likeness (QED) is 0.328. The highest BCUT2D eigenvalue weighted by Gasteiger charge is 2.13. The molecule has 0 aliphatic heterocycles. The van der Waals surface area contributed by atoms with Crippen LogP contribution < -0.4 is 25.2 Å². The number of aromatic nitrogens is 1. The van der Waals surface area contributed by atoms with Crippen LogP contribution in [-0.4, -0.2) is 31.3 Å². The maximum Gasteiger partial charge on any atom is 0.344 e. The summed E-state index contributed by atoms with van der Waals surface area (Å²) in [5, 5.41) is 4.55. The van der Waals surface area contributed by atoms with Crippen molar-refractivity contribution in [2.24, 2.45) is 7.05 Å². The number of hydrogen-bond donors (Lipinski definition) is 1. The zero-order valence-electron chi connectivity index (χ0n) is 20.0. The van der Waals surface area contributed by atoms with Crippen molar-refractivity contribution in [1.29, 1.82) is 0 Å². The zero-order valence-corrected chi connectivity index (χ0v) is 20.0. The van der Waals surface area contributed by atoms with Gasteiger partial charge in [-0.05, 0) is 54.1 Å². The first-order chi connectivity index (χ1) is 17.5. The first kappa shape index (κ1) is 23.0. The van der Waals surface area contributed by atoms with Crippen LogP contribution in [0.1, 0.15) is 0 Å². The topological polar surface area (TPSA) is 91.9 Å². The Bertz CT molecular complexity index is 1650. The molecule has 0 saturated heterocycles. The van der Waals surface area contributed by atoms with Crippen LogP contribution in [0.2, 0.25) is 0 Å². The van der Waals surface area contributed by atoms with Gasteiger partial charge in [0.2, 0.25) is 0 Å². The minimum absolute atomic E-state index is 0.192. The summed E-state index contributed by atoms with van der Waals surface area (Å²) in [6, 6.07) is 19.8. The number of carbonyl (C=O) groups excluding carboxylic acids is 1. The molecule has 1 amide bonds. The largest absolute Gasteiger partial charge is 0.493 e. The smallest absolute Gasteiger partial charge is 0.344 e. The molecule has 0 saturated carbocycles. The van der Waals surface area contributed by atoms with E-state index in [2.05, 4.69) is 5.32 Å². The lowest BCUT2D eigenvalue weighted by Gasteiger charge is -2.10. The van der Waals surface area contributed by atoms with Gasteiger partial charge in [-0.25, -0.2) is 4.79 Å². The first-order valence-electron chi connectivity index (χ1n) is 11.2. The number of aryl methyl sites for hydroxylation is 1. The number of rotatable bonds is 7. The standard InChI is InChI=1S/C28H24N2O6/c1-30-12-11-20-22(5-4-6-23(20)30)29-27(31)16-35-19-9-7-18-13-21(28(32)36-25(18)15-19)17-8-10-24(33-2)26(14-17)34-3/h4-15H,16H2,1-3H3,(H,29,31). The fourth-order valence-corrected chi connectivity index (χ4v) is 4.13. The van der Waals surface area contributed by atoms with Gasteiger partial charge >= 0.3 is 5.63 Å². The van der Waals surface area contributed by atoms with Gasteiger partial charge in [0.25, 0.3) is 5.91 Å². The van der Waals surface area contributed by atoms with E-state index < -0.39 is 5.63 Å². The van der Waals surface area contributed by atoms with E-state index in [0.717, 1.165) is 10.9 Å². The molecule has 0 aliphatic carbocycles. The van der Waals surface area contributed by atoms with Crippen molar-refractivity contribution in [3.05, 3.63) is 83.3 Å².